The molecule has 0 atom stereocenters. The third kappa shape index (κ3) is 3.88. The summed E-state index contributed by atoms with van der Waals surface area (Å²) >= 11 is 0. The molecular formula is C15H22O2. The number of Topliss-reactive ketones (excluding diaryl/α,β-unsaturated/α-hetero) is 1. The number of hydrogen-bond acceptors (Lipinski definition) is 2. The van der Waals surface area contributed by atoms with Crippen LogP contribution < -0.4 is 4.74 Å². The third-order valence-electron chi connectivity index (χ3n) is 2.80. The lowest BCUT2D eigenvalue weighted by Gasteiger charge is -2.15. The van der Waals surface area contributed by atoms with Gasteiger partial charge in [0.1, 0.15) is 12.4 Å². The van der Waals surface area contributed by atoms with Gasteiger partial charge in [-0.05, 0) is 30.0 Å². The maximum Gasteiger partial charge on any atom is 0.172 e. The van der Waals surface area contributed by atoms with E-state index >= 15 is 0 Å². The Hall–Kier alpha value is -1.31. The van der Waals surface area contributed by atoms with Gasteiger partial charge in [-0.15, -0.1) is 0 Å². The SMILES string of the molecule is Cc1ccc(C(C)C)c(OCC(=O)C(C)C)c1. The van der Waals surface area contributed by atoms with Crippen LogP contribution in [0.5, 0.6) is 5.75 Å². The van der Waals surface area contributed by atoms with Gasteiger partial charge in [-0.1, -0.05) is 39.8 Å². The standard InChI is InChI=1S/C15H22O2/c1-10(2)13-7-6-12(5)8-15(13)17-9-14(16)11(3)4/h6-8,10-11H,9H2,1-5H3. The van der Waals surface area contributed by atoms with Crippen molar-refractivity contribution in [2.24, 2.45) is 5.92 Å². The lowest BCUT2D eigenvalue weighted by atomic mass is 10.0. The number of hydrogen-bond donors (Lipinski definition) is 0. The summed E-state index contributed by atoms with van der Waals surface area (Å²) in [5, 5.41) is 0. The van der Waals surface area contributed by atoms with Crippen LogP contribution in [0.25, 0.3) is 0 Å². The van der Waals surface area contributed by atoms with E-state index in [9.17, 15) is 4.79 Å². The van der Waals surface area contributed by atoms with E-state index in [1.165, 1.54) is 0 Å². The van der Waals surface area contributed by atoms with Crippen molar-refractivity contribution >= 4 is 5.78 Å². The van der Waals surface area contributed by atoms with Crippen LogP contribution in [0.1, 0.15) is 44.7 Å². The second kappa shape index (κ2) is 5.85. The molecule has 17 heavy (non-hydrogen) atoms. The van der Waals surface area contributed by atoms with Crippen LogP contribution in [-0.4, -0.2) is 12.4 Å². The molecular weight excluding hydrogens is 212 g/mol. The minimum absolute atomic E-state index is 0.0299. The van der Waals surface area contributed by atoms with E-state index in [-0.39, 0.29) is 18.3 Å². The molecule has 0 aliphatic rings. The van der Waals surface area contributed by atoms with E-state index in [0.717, 1.165) is 16.9 Å². The van der Waals surface area contributed by atoms with Crippen LogP contribution >= 0.6 is 0 Å². The first kappa shape index (κ1) is 13.8. The van der Waals surface area contributed by atoms with Gasteiger partial charge < -0.3 is 4.74 Å². The monoisotopic (exact) mass is 234 g/mol. The largest absolute Gasteiger partial charge is 0.486 e. The van der Waals surface area contributed by atoms with Crippen molar-refractivity contribution in [3.8, 4) is 5.75 Å². The zero-order valence-electron chi connectivity index (χ0n) is 11.4. The number of carbonyl (C=O) groups excluding carboxylic acids is 1. The van der Waals surface area contributed by atoms with Crippen molar-refractivity contribution < 1.29 is 9.53 Å². The first-order chi connectivity index (χ1) is 7.91. The molecule has 2 heteroatoms. The smallest absolute Gasteiger partial charge is 0.172 e. The van der Waals surface area contributed by atoms with Gasteiger partial charge in [0, 0.05) is 5.92 Å². The highest BCUT2D eigenvalue weighted by Gasteiger charge is 2.12. The summed E-state index contributed by atoms with van der Waals surface area (Å²) in [7, 11) is 0. The average molecular weight is 234 g/mol. The average Bonchev–Trinajstić information content (AvgIpc) is 2.25. The van der Waals surface area contributed by atoms with Gasteiger partial charge in [0.25, 0.3) is 0 Å². The molecule has 0 saturated heterocycles. The fourth-order valence-corrected chi connectivity index (χ4v) is 1.56. The first-order valence-corrected chi connectivity index (χ1v) is 6.18. The number of rotatable bonds is 5. The minimum Gasteiger partial charge on any atom is -0.486 e. The second-order valence-electron chi connectivity index (χ2n) is 5.11. The molecule has 1 aromatic rings. The van der Waals surface area contributed by atoms with E-state index in [2.05, 4.69) is 26.0 Å². The van der Waals surface area contributed by atoms with Crippen molar-refractivity contribution in [3.63, 3.8) is 0 Å². The summed E-state index contributed by atoms with van der Waals surface area (Å²) in [6.45, 7) is 10.2. The lowest BCUT2D eigenvalue weighted by molar-refractivity contribution is -0.123. The Balaban J connectivity index is 2.82. The van der Waals surface area contributed by atoms with Gasteiger partial charge in [-0.2, -0.15) is 0 Å². The summed E-state index contributed by atoms with van der Waals surface area (Å²) in [5.74, 6) is 1.41. The molecule has 1 rings (SSSR count). The van der Waals surface area contributed by atoms with Crippen molar-refractivity contribution in [2.75, 3.05) is 6.61 Å². The molecule has 0 saturated carbocycles. The molecule has 0 bridgehead atoms. The molecule has 1 aromatic carbocycles. The van der Waals surface area contributed by atoms with E-state index < -0.39 is 0 Å². The highest BCUT2D eigenvalue weighted by molar-refractivity contribution is 5.81. The fourth-order valence-electron chi connectivity index (χ4n) is 1.56. The molecule has 94 valence electrons. The molecule has 0 unspecified atom stereocenters. The van der Waals surface area contributed by atoms with Crippen LogP contribution in [0.4, 0.5) is 0 Å². The van der Waals surface area contributed by atoms with Crippen molar-refractivity contribution in [1.29, 1.82) is 0 Å². The second-order valence-corrected chi connectivity index (χ2v) is 5.11. The zero-order chi connectivity index (χ0) is 13.0. The van der Waals surface area contributed by atoms with E-state index in [1.807, 2.05) is 26.8 Å². The Bertz CT molecular complexity index is 392. The molecule has 0 fully saturated rings. The van der Waals surface area contributed by atoms with E-state index in [4.69, 9.17) is 4.74 Å². The predicted molar refractivity (Wildman–Crippen MR) is 70.6 cm³/mol. The molecule has 0 heterocycles. The Morgan fingerprint density at radius 1 is 1.24 bits per heavy atom. The Labute approximate surface area is 104 Å². The Morgan fingerprint density at radius 2 is 1.88 bits per heavy atom. The maximum absolute atomic E-state index is 11.6. The first-order valence-electron chi connectivity index (χ1n) is 6.18. The number of ketones is 1. The van der Waals surface area contributed by atoms with Crippen molar-refractivity contribution in [3.05, 3.63) is 29.3 Å². The molecule has 0 aliphatic carbocycles. The van der Waals surface area contributed by atoms with Crippen LogP contribution in [0.3, 0.4) is 0 Å². The summed E-state index contributed by atoms with van der Waals surface area (Å²) in [4.78, 5) is 11.6. The van der Waals surface area contributed by atoms with Gasteiger partial charge in [0.15, 0.2) is 5.78 Å². The molecule has 0 aliphatic heterocycles. The van der Waals surface area contributed by atoms with Crippen LogP contribution in [0, 0.1) is 12.8 Å². The van der Waals surface area contributed by atoms with Gasteiger partial charge >= 0.3 is 0 Å². The number of aryl methyl sites for hydroxylation is 1. The topological polar surface area (TPSA) is 26.3 Å². The molecule has 0 radical (unpaired) electrons. The van der Waals surface area contributed by atoms with Crippen LogP contribution in [0.2, 0.25) is 0 Å². The molecule has 2 nitrogen and oxygen atoms in total. The minimum atomic E-state index is 0.0299. The molecule has 0 amide bonds. The van der Waals surface area contributed by atoms with Crippen molar-refractivity contribution in [2.45, 2.75) is 40.5 Å². The van der Waals surface area contributed by atoms with E-state index in [0.29, 0.717) is 5.92 Å². The number of benzene rings is 1. The normalized spacial score (nSPS) is 11.0. The Kier molecular flexibility index (Phi) is 4.73. The Morgan fingerprint density at radius 3 is 2.41 bits per heavy atom. The van der Waals surface area contributed by atoms with Gasteiger partial charge in [0.05, 0.1) is 0 Å². The highest BCUT2D eigenvalue weighted by Crippen LogP contribution is 2.27. The van der Waals surface area contributed by atoms with Gasteiger partial charge in [-0.3, -0.25) is 4.79 Å². The maximum atomic E-state index is 11.6. The lowest BCUT2D eigenvalue weighted by Crippen LogP contribution is -2.17. The predicted octanol–water partition coefficient (Wildman–Crippen LogP) is 3.72. The number of ether oxygens (including phenoxy) is 1. The van der Waals surface area contributed by atoms with Crippen LogP contribution in [-0.2, 0) is 4.79 Å². The van der Waals surface area contributed by atoms with E-state index in [1.54, 1.807) is 0 Å². The van der Waals surface area contributed by atoms with Gasteiger partial charge in [0.2, 0.25) is 0 Å². The molecule has 0 spiro atoms. The number of carbonyl (C=O) groups is 1. The summed E-state index contributed by atoms with van der Waals surface area (Å²) in [6.07, 6.45) is 0. The summed E-state index contributed by atoms with van der Waals surface area (Å²) in [6, 6.07) is 6.16. The quantitative estimate of drug-likeness (QED) is 0.776. The highest BCUT2D eigenvalue weighted by atomic mass is 16.5. The molecule has 0 aromatic heterocycles. The fraction of sp³-hybridized carbons (Fsp3) is 0.533. The van der Waals surface area contributed by atoms with Gasteiger partial charge in [-0.25, -0.2) is 0 Å². The summed E-state index contributed by atoms with van der Waals surface area (Å²) in [5.41, 5.74) is 2.31. The summed E-state index contributed by atoms with van der Waals surface area (Å²) < 4.78 is 5.65. The third-order valence-corrected chi connectivity index (χ3v) is 2.80. The molecule has 0 N–H and O–H groups in total. The van der Waals surface area contributed by atoms with Crippen LogP contribution in [0.15, 0.2) is 18.2 Å². The zero-order valence-corrected chi connectivity index (χ0v) is 11.4. The van der Waals surface area contributed by atoms with Crippen molar-refractivity contribution in [1.82, 2.24) is 0 Å².